The standard InChI is InChI=1S/C22H14ClNO2S2/c23-18-11-4-5-12-19(18)24-21(25)20(28-22(24)27)14-15-7-6-10-17(13-15)26-16-8-2-1-3-9-16/h1-14H/b20-14-. The first-order valence-corrected chi connectivity index (χ1v) is 10.1. The number of hydrogen-bond acceptors (Lipinski definition) is 4. The third-order valence-electron chi connectivity index (χ3n) is 4.02. The fraction of sp³-hybridized carbons (Fsp3) is 0. The van der Waals surface area contributed by atoms with Crippen LogP contribution in [-0.4, -0.2) is 10.2 Å². The normalized spacial score (nSPS) is 15.3. The van der Waals surface area contributed by atoms with Gasteiger partial charge in [0.05, 0.1) is 15.6 Å². The van der Waals surface area contributed by atoms with Gasteiger partial charge in [-0.25, -0.2) is 0 Å². The number of thiocarbonyl (C=S) groups is 1. The zero-order valence-electron chi connectivity index (χ0n) is 14.5. The Balaban J connectivity index is 1.60. The number of anilines is 1. The molecule has 3 nitrogen and oxygen atoms in total. The highest BCUT2D eigenvalue weighted by Crippen LogP contribution is 2.39. The first-order valence-electron chi connectivity index (χ1n) is 8.47. The summed E-state index contributed by atoms with van der Waals surface area (Å²) in [6.07, 6.45) is 1.81. The minimum Gasteiger partial charge on any atom is -0.457 e. The maximum Gasteiger partial charge on any atom is 0.270 e. The molecule has 0 atom stereocenters. The van der Waals surface area contributed by atoms with Gasteiger partial charge >= 0.3 is 0 Å². The van der Waals surface area contributed by atoms with Crippen molar-refractivity contribution in [1.29, 1.82) is 0 Å². The van der Waals surface area contributed by atoms with Crippen molar-refractivity contribution in [1.82, 2.24) is 0 Å². The predicted molar refractivity (Wildman–Crippen MR) is 120 cm³/mol. The Hall–Kier alpha value is -2.60. The van der Waals surface area contributed by atoms with Crippen molar-refractivity contribution < 1.29 is 9.53 Å². The van der Waals surface area contributed by atoms with Crippen molar-refractivity contribution in [3.63, 3.8) is 0 Å². The van der Waals surface area contributed by atoms with Gasteiger partial charge in [0.1, 0.15) is 11.5 Å². The molecule has 3 aromatic carbocycles. The number of hydrogen-bond donors (Lipinski definition) is 0. The number of thioether (sulfide) groups is 1. The molecule has 0 spiro atoms. The molecule has 6 heteroatoms. The summed E-state index contributed by atoms with van der Waals surface area (Å²) in [4.78, 5) is 14.9. The average Bonchev–Trinajstić information content (AvgIpc) is 2.97. The van der Waals surface area contributed by atoms with E-state index < -0.39 is 0 Å². The van der Waals surface area contributed by atoms with E-state index in [0.717, 1.165) is 11.3 Å². The molecule has 3 aromatic rings. The molecule has 0 aliphatic carbocycles. The molecule has 1 aliphatic rings. The molecule has 0 bridgehead atoms. The van der Waals surface area contributed by atoms with Gasteiger partial charge in [-0.05, 0) is 48.0 Å². The van der Waals surface area contributed by atoms with Crippen LogP contribution in [0.2, 0.25) is 5.02 Å². The molecule has 28 heavy (non-hydrogen) atoms. The maximum absolute atomic E-state index is 12.9. The summed E-state index contributed by atoms with van der Waals surface area (Å²) in [6, 6.07) is 24.3. The summed E-state index contributed by atoms with van der Waals surface area (Å²) < 4.78 is 6.32. The van der Waals surface area contributed by atoms with Crippen molar-refractivity contribution >= 4 is 57.6 Å². The molecule has 0 radical (unpaired) electrons. The number of carbonyl (C=O) groups is 1. The van der Waals surface area contributed by atoms with Crippen LogP contribution < -0.4 is 9.64 Å². The van der Waals surface area contributed by atoms with E-state index in [0.29, 0.717) is 25.7 Å². The lowest BCUT2D eigenvalue weighted by Crippen LogP contribution is -2.27. The quantitative estimate of drug-likeness (QED) is 0.352. The summed E-state index contributed by atoms with van der Waals surface area (Å²) in [7, 11) is 0. The van der Waals surface area contributed by atoms with Crippen LogP contribution in [0, 0.1) is 0 Å². The van der Waals surface area contributed by atoms with Crippen LogP contribution in [0.3, 0.4) is 0 Å². The number of para-hydroxylation sites is 2. The van der Waals surface area contributed by atoms with E-state index >= 15 is 0 Å². The average molecular weight is 424 g/mol. The van der Waals surface area contributed by atoms with Gasteiger partial charge in [0.25, 0.3) is 5.91 Å². The van der Waals surface area contributed by atoms with E-state index in [-0.39, 0.29) is 5.91 Å². The van der Waals surface area contributed by atoms with E-state index in [1.807, 2.05) is 72.8 Å². The van der Waals surface area contributed by atoms with Gasteiger partial charge in [-0.15, -0.1) is 0 Å². The first kappa shape index (κ1) is 18.7. The molecule has 0 saturated carbocycles. The molecule has 1 amide bonds. The Morgan fingerprint density at radius 3 is 2.43 bits per heavy atom. The molecule has 0 aromatic heterocycles. The maximum atomic E-state index is 12.9. The Bertz CT molecular complexity index is 1080. The molecular weight excluding hydrogens is 410 g/mol. The minimum absolute atomic E-state index is 0.183. The number of rotatable bonds is 4. The Morgan fingerprint density at radius 1 is 0.929 bits per heavy atom. The van der Waals surface area contributed by atoms with Crippen LogP contribution in [0.15, 0.2) is 83.8 Å². The summed E-state index contributed by atoms with van der Waals surface area (Å²) in [6.45, 7) is 0. The summed E-state index contributed by atoms with van der Waals surface area (Å²) in [5.41, 5.74) is 1.45. The van der Waals surface area contributed by atoms with Crippen LogP contribution in [0.5, 0.6) is 11.5 Å². The van der Waals surface area contributed by atoms with Gasteiger partial charge < -0.3 is 4.74 Å². The van der Waals surface area contributed by atoms with Gasteiger partial charge in [-0.1, -0.05) is 78.0 Å². The fourth-order valence-electron chi connectivity index (χ4n) is 2.75. The van der Waals surface area contributed by atoms with Gasteiger partial charge in [0, 0.05) is 0 Å². The van der Waals surface area contributed by atoms with Crippen LogP contribution >= 0.6 is 35.6 Å². The third kappa shape index (κ3) is 3.97. The fourth-order valence-corrected chi connectivity index (χ4v) is 4.26. The van der Waals surface area contributed by atoms with Crippen LogP contribution in [0.1, 0.15) is 5.56 Å². The largest absolute Gasteiger partial charge is 0.457 e. The number of benzene rings is 3. The Labute approximate surface area is 177 Å². The van der Waals surface area contributed by atoms with Crippen LogP contribution in [-0.2, 0) is 4.79 Å². The molecule has 0 unspecified atom stereocenters. The summed E-state index contributed by atoms with van der Waals surface area (Å²) in [5.74, 6) is 1.27. The number of carbonyl (C=O) groups excluding carboxylic acids is 1. The number of nitrogens with zero attached hydrogens (tertiary/aromatic N) is 1. The van der Waals surface area contributed by atoms with Gasteiger partial charge in [0.2, 0.25) is 0 Å². The molecular formula is C22H14ClNO2S2. The highest BCUT2D eigenvalue weighted by atomic mass is 35.5. The lowest BCUT2D eigenvalue weighted by atomic mass is 10.2. The molecule has 0 N–H and O–H groups in total. The lowest BCUT2D eigenvalue weighted by molar-refractivity contribution is -0.113. The van der Waals surface area contributed by atoms with E-state index in [1.165, 1.54) is 16.7 Å². The summed E-state index contributed by atoms with van der Waals surface area (Å²) >= 11 is 12.9. The highest BCUT2D eigenvalue weighted by molar-refractivity contribution is 8.27. The van der Waals surface area contributed by atoms with Gasteiger partial charge in [0.15, 0.2) is 4.32 Å². The van der Waals surface area contributed by atoms with Gasteiger partial charge in [-0.3, -0.25) is 9.69 Å². The predicted octanol–water partition coefficient (Wildman–Crippen LogP) is 6.54. The zero-order chi connectivity index (χ0) is 19.5. The zero-order valence-corrected chi connectivity index (χ0v) is 16.9. The Kier molecular flexibility index (Phi) is 5.48. The van der Waals surface area contributed by atoms with Crippen molar-refractivity contribution in [2.24, 2.45) is 0 Å². The van der Waals surface area contributed by atoms with E-state index in [2.05, 4.69) is 0 Å². The van der Waals surface area contributed by atoms with Crippen molar-refractivity contribution in [2.45, 2.75) is 0 Å². The minimum atomic E-state index is -0.183. The molecule has 1 heterocycles. The van der Waals surface area contributed by atoms with Crippen molar-refractivity contribution in [3.8, 4) is 11.5 Å². The lowest BCUT2D eigenvalue weighted by Gasteiger charge is -2.15. The SMILES string of the molecule is O=C1/C(=C/c2cccc(Oc3ccccc3)c2)SC(=S)N1c1ccccc1Cl. The Morgan fingerprint density at radius 2 is 1.64 bits per heavy atom. The molecule has 4 rings (SSSR count). The van der Waals surface area contributed by atoms with E-state index in [1.54, 1.807) is 12.1 Å². The molecule has 1 aliphatic heterocycles. The first-order chi connectivity index (χ1) is 13.6. The molecule has 1 fully saturated rings. The van der Waals surface area contributed by atoms with Crippen LogP contribution in [0.4, 0.5) is 5.69 Å². The summed E-state index contributed by atoms with van der Waals surface area (Å²) in [5, 5.41) is 0.485. The third-order valence-corrected chi connectivity index (χ3v) is 5.64. The van der Waals surface area contributed by atoms with Gasteiger partial charge in [-0.2, -0.15) is 0 Å². The number of ether oxygens (including phenoxy) is 1. The monoisotopic (exact) mass is 423 g/mol. The van der Waals surface area contributed by atoms with E-state index in [9.17, 15) is 4.79 Å². The van der Waals surface area contributed by atoms with E-state index in [4.69, 9.17) is 28.6 Å². The van der Waals surface area contributed by atoms with Crippen molar-refractivity contribution in [2.75, 3.05) is 4.90 Å². The smallest absolute Gasteiger partial charge is 0.270 e. The van der Waals surface area contributed by atoms with Crippen molar-refractivity contribution in [3.05, 3.63) is 94.4 Å². The molecule has 1 saturated heterocycles. The second-order valence-electron chi connectivity index (χ2n) is 5.96. The second-order valence-corrected chi connectivity index (χ2v) is 8.04. The number of halogens is 1. The second kappa shape index (κ2) is 8.19. The number of amides is 1. The highest BCUT2D eigenvalue weighted by Gasteiger charge is 2.34. The topological polar surface area (TPSA) is 29.5 Å². The van der Waals surface area contributed by atoms with Crippen LogP contribution in [0.25, 0.3) is 6.08 Å². The molecule has 138 valence electrons.